The number of anilines is 1. The van der Waals surface area contributed by atoms with Gasteiger partial charge in [0.15, 0.2) is 5.58 Å². The third-order valence-electron chi connectivity index (χ3n) is 5.29. The quantitative estimate of drug-likeness (QED) is 0.414. The molecule has 0 saturated heterocycles. The summed E-state index contributed by atoms with van der Waals surface area (Å²) >= 11 is 0. The van der Waals surface area contributed by atoms with E-state index in [1.54, 1.807) is 31.4 Å². The highest BCUT2D eigenvalue weighted by Gasteiger charge is 2.13. The number of carbonyl (C=O) groups is 1. The van der Waals surface area contributed by atoms with Gasteiger partial charge in [0.1, 0.15) is 11.3 Å². The molecule has 5 heteroatoms. The number of ether oxygens (including phenoxy) is 1. The van der Waals surface area contributed by atoms with Crippen molar-refractivity contribution < 1.29 is 13.9 Å². The van der Waals surface area contributed by atoms with Gasteiger partial charge in [0.2, 0.25) is 5.89 Å². The molecule has 0 aliphatic heterocycles. The van der Waals surface area contributed by atoms with Crippen molar-refractivity contribution in [3.8, 4) is 17.2 Å². The molecule has 0 bridgehead atoms. The lowest BCUT2D eigenvalue weighted by molar-refractivity contribution is 0.102. The predicted molar refractivity (Wildman–Crippen MR) is 119 cm³/mol. The number of amides is 1. The zero-order valence-electron chi connectivity index (χ0n) is 17.3. The monoisotopic (exact) mass is 400 g/mol. The molecule has 5 nitrogen and oxygen atoms in total. The van der Waals surface area contributed by atoms with E-state index >= 15 is 0 Å². The Morgan fingerprint density at radius 2 is 1.93 bits per heavy atom. The summed E-state index contributed by atoms with van der Waals surface area (Å²) in [6.45, 7) is 4.38. The third-order valence-corrected chi connectivity index (χ3v) is 5.29. The Bertz CT molecular complexity index is 1200. The van der Waals surface area contributed by atoms with E-state index in [9.17, 15) is 4.79 Å². The number of methoxy groups -OCH3 is 1. The summed E-state index contributed by atoms with van der Waals surface area (Å²) in [4.78, 5) is 17.3. The summed E-state index contributed by atoms with van der Waals surface area (Å²) in [5.74, 6) is 1.44. The summed E-state index contributed by atoms with van der Waals surface area (Å²) < 4.78 is 11.1. The maximum absolute atomic E-state index is 12.6. The molecule has 3 aromatic carbocycles. The lowest BCUT2D eigenvalue weighted by Crippen LogP contribution is -2.11. The zero-order valence-corrected chi connectivity index (χ0v) is 17.3. The van der Waals surface area contributed by atoms with E-state index in [2.05, 4.69) is 36.3 Å². The first kappa shape index (κ1) is 19.7. The van der Waals surface area contributed by atoms with Gasteiger partial charge in [0, 0.05) is 16.8 Å². The number of aromatic nitrogens is 1. The Hall–Kier alpha value is -3.60. The van der Waals surface area contributed by atoms with Crippen LogP contribution in [0.15, 0.2) is 71.1 Å². The smallest absolute Gasteiger partial charge is 0.255 e. The molecule has 0 aliphatic rings. The normalized spacial score (nSPS) is 12.0. The van der Waals surface area contributed by atoms with Crippen LogP contribution in [0.5, 0.6) is 5.75 Å². The average Bonchev–Trinajstić information content (AvgIpc) is 3.22. The van der Waals surface area contributed by atoms with E-state index in [4.69, 9.17) is 9.15 Å². The molecule has 1 N–H and O–H groups in total. The SMILES string of the molecule is CCC(C)c1ccc2oc(-c3cccc(NC(=O)c4cccc(OC)c4)c3)nc2c1. The van der Waals surface area contributed by atoms with Crippen molar-refractivity contribution in [1.82, 2.24) is 4.98 Å². The highest BCUT2D eigenvalue weighted by atomic mass is 16.5. The predicted octanol–water partition coefficient (Wildman–Crippen LogP) is 6.27. The summed E-state index contributed by atoms with van der Waals surface area (Å²) in [7, 11) is 1.58. The van der Waals surface area contributed by atoms with Crippen LogP contribution in [0.25, 0.3) is 22.6 Å². The minimum atomic E-state index is -0.207. The van der Waals surface area contributed by atoms with Gasteiger partial charge >= 0.3 is 0 Å². The number of fused-ring (bicyclic) bond motifs is 1. The fraction of sp³-hybridized carbons (Fsp3) is 0.200. The molecule has 0 spiro atoms. The second kappa shape index (κ2) is 8.41. The van der Waals surface area contributed by atoms with Crippen LogP contribution in [0, 0.1) is 0 Å². The largest absolute Gasteiger partial charge is 0.497 e. The molecule has 0 aliphatic carbocycles. The first-order chi connectivity index (χ1) is 14.6. The Morgan fingerprint density at radius 3 is 2.73 bits per heavy atom. The summed E-state index contributed by atoms with van der Waals surface area (Å²) in [6.07, 6.45) is 1.07. The first-order valence-corrected chi connectivity index (χ1v) is 10.0. The highest BCUT2D eigenvalue weighted by Crippen LogP contribution is 2.29. The van der Waals surface area contributed by atoms with E-state index in [-0.39, 0.29) is 5.91 Å². The molecule has 152 valence electrons. The number of nitrogens with zero attached hydrogens (tertiary/aromatic N) is 1. The van der Waals surface area contributed by atoms with Crippen molar-refractivity contribution in [3.63, 3.8) is 0 Å². The van der Waals surface area contributed by atoms with Crippen molar-refractivity contribution in [2.45, 2.75) is 26.2 Å². The molecular weight excluding hydrogens is 376 g/mol. The maximum atomic E-state index is 12.6. The van der Waals surface area contributed by atoms with Crippen LogP contribution < -0.4 is 10.1 Å². The number of benzene rings is 3. The van der Waals surface area contributed by atoms with Gasteiger partial charge in [-0.15, -0.1) is 0 Å². The van der Waals surface area contributed by atoms with Crippen LogP contribution in [0.1, 0.15) is 42.1 Å². The van der Waals surface area contributed by atoms with Crippen molar-refractivity contribution in [2.24, 2.45) is 0 Å². The minimum absolute atomic E-state index is 0.207. The molecule has 4 rings (SSSR count). The average molecular weight is 400 g/mol. The maximum Gasteiger partial charge on any atom is 0.255 e. The molecule has 30 heavy (non-hydrogen) atoms. The van der Waals surface area contributed by atoms with Gasteiger partial charge in [-0.25, -0.2) is 4.98 Å². The van der Waals surface area contributed by atoms with Crippen molar-refractivity contribution in [1.29, 1.82) is 0 Å². The molecule has 0 radical (unpaired) electrons. The second-order valence-electron chi connectivity index (χ2n) is 7.32. The summed E-state index contributed by atoms with van der Waals surface area (Å²) in [5.41, 5.74) is 4.85. The number of rotatable bonds is 6. The van der Waals surface area contributed by atoms with E-state index in [1.807, 2.05) is 30.3 Å². The van der Waals surface area contributed by atoms with Crippen LogP contribution in [0.4, 0.5) is 5.69 Å². The van der Waals surface area contributed by atoms with E-state index < -0.39 is 0 Å². The zero-order chi connectivity index (χ0) is 21.1. The Morgan fingerprint density at radius 1 is 1.10 bits per heavy atom. The number of nitrogens with one attached hydrogen (secondary N) is 1. The molecule has 0 saturated carbocycles. The summed E-state index contributed by atoms with van der Waals surface area (Å²) in [5, 5.41) is 2.92. The van der Waals surface area contributed by atoms with E-state index in [0.29, 0.717) is 28.8 Å². The number of hydrogen-bond acceptors (Lipinski definition) is 4. The molecule has 1 unspecified atom stereocenters. The van der Waals surface area contributed by atoms with Gasteiger partial charge in [-0.05, 0) is 66.4 Å². The standard InChI is InChI=1S/C25H24N2O3/c1-4-16(2)17-11-12-23-22(15-17)27-25(30-23)19-8-5-9-20(13-19)26-24(28)18-7-6-10-21(14-18)29-3/h5-16H,4H2,1-3H3,(H,26,28). The molecule has 1 aromatic heterocycles. The van der Waals surface area contributed by atoms with Crippen LogP contribution in [0.2, 0.25) is 0 Å². The Balaban J connectivity index is 1.59. The van der Waals surface area contributed by atoms with Gasteiger partial charge in [-0.3, -0.25) is 4.79 Å². The van der Waals surface area contributed by atoms with Gasteiger partial charge in [-0.1, -0.05) is 32.0 Å². The molecule has 1 heterocycles. The van der Waals surface area contributed by atoms with Gasteiger partial charge < -0.3 is 14.5 Å². The molecule has 4 aromatic rings. The highest BCUT2D eigenvalue weighted by molar-refractivity contribution is 6.04. The second-order valence-corrected chi connectivity index (χ2v) is 7.32. The van der Waals surface area contributed by atoms with Gasteiger partial charge in [0.05, 0.1) is 7.11 Å². The van der Waals surface area contributed by atoms with Crippen molar-refractivity contribution in [3.05, 3.63) is 77.9 Å². The fourth-order valence-electron chi connectivity index (χ4n) is 3.31. The Kier molecular flexibility index (Phi) is 5.53. The van der Waals surface area contributed by atoms with Crippen molar-refractivity contribution in [2.75, 3.05) is 12.4 Å². The molecular formula is C25H24N2O3. The number of carbonyl (C=O) groups excluding carboxylic acids is 1. The number of oxazole rings is 1. The van der Waals surface area contributed by atoms with Crippen LogP contribution in [0.3, 0.4) is 0 Å². The lowest BCUT2D eigenvalue weighted by atomic mass is 9.98. The topological polar surface area (TPSA) is 64.4 Å². The van der Waals surface area contributed by atoms with Crippen LogP contribution in [-0.2, 0) is 0 Å². The number of hydrogen-bond donors (Lipinski definition) is 1. The van der Waals surface area contributed by atoms with Gasteiger partial charge in [-0.2, -0.15) is 0 Å². The molecule has 0 fully saturated rings. The fourth-order valence-corrected chi connectivity index (χ4v) is 3.31. The van der Waals surface area contributed by atoms with E-state index in [0.717, 1.165) is 23.1 Å². The first-order valence-electron chi connectivity index (χ1n) is 10.0. The van der Waals surface area contributed by atoms with Crippen LogP contribution >= 0.6 is 0 Å². The minimum Gasteiger partial charge on any atom is -0.497 e. The Labute approximate surface area is 175 Å². The molecule has 1 atom stereocenters. The van der Waals surface area contributed by atoms with E-state index in [1.165, 1.54) is 5.56 Å². The van der Waals surface area contributed by atoms with Crippen molar-refractivity contribution >= 4 is 22.7 Å². The van der Waals surface area contributed by atoms with Gasteiger partial charge in [0.25, 0.3) is 5.91 Å². The van der Waals surface area contributed by atoms with Crippen LogP contribution in [-0.4, -0.2) is 18.0 Å². The third kappa shape index (κ3) is 4.06. The molecule has 1 amide bonds. The summed E-state index contributed by atoms with van der Waals surface area (Å²) in [6, 6.07) is 20.7. The lowest BCUT2D eigenvalue weighted by Gasteiger charge is -2.07.